The van der Waals surface area contributed by atoms with Gasteiger partial charge in [0.1, 0.15) is 11.6 Å². The number of carbonyl (C=O) groups is 1. The largest absolute Gasteiger partial charge is 0.355 e. The molecule has 0 aromatic heterocycles. The lowest BCUT2D eigenvalue weighted by atomic mass is 10.1. The Kier molecular flexibility index (Phi) is 5.00. The topological polar surface area (TPSA) is 41.1 Å². The summed E-state index contributed by atoms with van der Waals surface area (Å²) in [5.74, 6) is -1.28. The Morgan fingerprint density at radius 2 is 1.76 bits per heavy atom. The van der Waals surface area contributed by atoms with E-state index in [1.807, 2.05) is 12.1 Å². The molecule has 2 aromatic carbocycles. The van der Waals surface area contributed by atoms with Crippen molar-refractivity contribution in [1.82, 2.24) is 10.6 Å². The van der Waals surface area contributed by atoms with Gasteiger partial charge in [0.2, 0.25) is 0 Å². The van der Waals surface area contributed by atoms with Crippen molar-refractivity contribution in [2.24, 2.45) is 0 Å². The Labute approximate surface area is 122 Å². The molecule has 5 heteroatoms. The number of benzene rings is 2. The number of rotatable bonds is 5. The minimum Gasteiger partial charge on any atom is -0.355 e. The van der Waals surface area contributed by atoms with Crippen LogP contribution >= 0.6 is 0 Å². The highest BCUT2D eigenvalue weighted by Gasteiger charge is 2.04. The quantitative estimate of drug-likeness (QED) is 0.888. The molecule has 2 aromatic rings. The first-order valence-corrected chi connectivity index (χ1v) is 6.56. The Hall–Kier alpha value is -2.27. The van der Waals surface area contributed by atoms with Crippen LogP contribution in [0.25, 0.3) is 0 Å². The highest BCUT2D eigenvalue weighted by atomic mass is 19.1. The first-order chi connectivity index (χ1) is 10.1. The number of nitrogens with one attached hydrogen (secondary N) is 2. The third-order valence-corrected chi connectivity index (χ3v) is 3.10. The summed E-state index contributed by atoms with van der Waals surface area (Å²) in [6, 6.07) is 10.7. The summed E-state index contributed by atoms with van der Waals surface area (Å²) in [6.45, 7) is 0.841. The molecule has 0 aliphatic carbocycles. The van der Waals surface area contributed by atoms with Crippen LogP contribution in [-0.4, -0.2) is 13.0 Å². The van der Waals surface area contributed by atoms with Crippen LogP contribution in [0.15, 0.2) is 42.5 Å². The molecule has 0 aliphatic rings. The molecule has 0 saturated heterocycles. The first-order valence-electron chi connectivity index (χ1n) is 6.56. The van der Waals surface area contributed by atoms with E-state index in [0.29, 0.717) is 24.2 Å². The molecule has 0 fully saturated rings. The van der Waals surface area contributed by atoms with Crippen molar-refractivity contribution in [3.63, 3.8) is 0 Å². The Balaban J connectivity index is 1.90. The van der Waals surface area contributed by atoms with Gasteiger partial charge in [0.15, 0.2) is 0 Å². The molecule has 0 heterocycles. The van der Waals surface area contributed by atoms with Gasteiger partial charge in [-0.3, -0.25) is 4.79 Å². The summed E-state index contributed by atoms with van der Waals surface area (Å²) in [6.07, 6.45) is 0. The molecule has 3 nitrogen and oxygen atoms in total. The second kappa shape index (κ2) is 6.95. The fourth-order valence-electron chi connectivity index (χ4n) is 1.92. The third-order valence-electron chi connectivity index (χ3n) is 3.10. The molecule has 0 atom stereocenters. The zero-order valence-electron chi connectivity index (χ0n) is 11.6. The van der Waals surface area contributed by atoms with Crippen LogP contribution in [0.5, 0.6) is 0 Å². The molecule has 0 unspecified atom stereocenters. The van der Waals surface area contributed by atoms with Gasteiger partial charge < -0.3 is 10.6 Å². The number of hydrogen-bond acceptors (Lipinski definition) is 2. The highest BCUT2D eigenvalue weighted by Crippen LogP contribution is 2.10. The van der Waals surface area contributed by atoms with Gasteiger partial charge in [0.25, 0.3) is 5.91 Å². The van der Waals surface area contributed by atoms with Crippen LogP contribution < -0.4 is 10.6 Å². The van der Waals surface area contributed by atoms with E-state index in [1.165, 1.54) is 12.1 Å². The molecule has 110 valence electrons. The van der Waals surface area contributed by atoms with E-state index in [1.54, 1.807) is 19.2 Å². The van der Waals surface area contributed by atoms with E-state index in [4.69, 9.17) is 0 Å². The summed E-state index contributed by atoms with van der Waals surface area (Å²) in [7, 11) is 1.58. The molecule has 2 rings (SSSR count). The molecule has 0 saturated carbocycles. The van der Waals surface area contributed by atoms with E-state index in [2.05, 4.69) is 10.6 Å². The summed E-state index contributed by atoms with van der Waals surface area (Å²) in [4.78, 5) is 11.4. The molecular formula is C16H16F2N2O. The van der Waals surface area contributed by atoms with E-state index in [-0.39, 0.29) is 5.91 Å². The van der Waals surface area contributed by atoms with Crippen molar-refractivity contribution < 1.29 is 13.6 Å². The maximum absolute atomic E-state index is 13.4. The predicted molar refractivity (Wildman–Crippen MR) is 76.7 cm³/mol. The fraction of sp³-hybridized carbons (Fsp3) is 0.188. The second-order valence-corrected chi connectivity index (χ2v) is 4.62. The van der Waals surface area contributed by atoms with Gasteiger partial charge in [-0.2, -0.15) is 0 Å². The lowest BCUT2D eigenvalue weighted by Crippen LogP contribution is -2.18. The molecular weight excluding hydrogens is 274 g/mol. The molecule has 0 radical (unpaired) electrons. The summed E-state index contributed by atoms with van der Waals surface area (Å²) < 4.78 is 26.2. The average Bonchev–Trinajstić information content (AvgIpc) is 2.49. The monoisotopic (exact) mass is 290 g/mol. The van der Waals surface area contributed by atoms with Crippen molar-refractivity contribution in [1.29, 1.82) is 0 Å². The number of carbonyl (C=O) groups excluding carboxylic acids is 1. The SMILES string of the molecule is CNC(=O)c1ccc(CNCc2ccc(F)cc2F)cc1. The Morgan fingerprint density at radius 1 is 1.05 bits per heavy atom. The van der Waals surface area contributed by atoms with Crippen molar-refractivity contribution in [3.05, 3.63) is 70.8 Å². The van der Waals surface area contributed by atoms with E-state index in [9.17, 15) is 13.6 Å². The molecule has 0 bridgehead atoms. The molecule has 0 aliphatic heterocycles. The van der Waals surface area contributed by atoms with Crippen molar-refractivity contribution >= 4 is 5.91 Å². The van der Waals surface area contributed by atoms with Crippen LogP contribution in [0, 0.1) is 11.6 Å². The van der Waals surface area contributed by atoms with Crippen molar-refractivity contribution in [3.8, 4) is 0 Å². The number of halogens is 2. The van der Waals surface area contributed by atoms with Gasteiger partial charge >= 0.3 is 0 Å². The predicted octanol–water partition coefficient (Wildman–Crippen LogP) is 2.61. The van der Waals surface area contributed by atoms with Gasteiger partial charge in [-0.25, -0.2) is 8.78 Å². The smallest absolute Gasteiger partial charge is 0.251 e. The van der Waals surface area contributed by atoms with Crippen LogP contribution in [0.4, 0.5) is 8.78 Å². The van der Waals surface area contributed by atoms with Crippen LogP contribution in [0.3, 0.4) is 0 Å². The maximum atomic E-state index is 13.4. The minimum atomic E-state index is -0.582. The molecule has 0 spiro atoms. The van der Waals surface area contributed by atoms with Crippen LogP contribution in [0.1, 0.15) is 21.5 Å². The van der Waals surface area contributed by atoms with Crippen molar-refractivity contribution in [2.75, 3.05) is 7.05 Å². The standard InChI is InChI=1S/C16H16F2N2O/c1-19-16(21)12-4-2-11(3-5-12)9-20-10-13-6-7-14(17)8-15(13)18/h2-8,20H,9-10H2,1H3,(H,19,21). The zero-order valence-corrected chi connectivity index (χ0v) is 11.6. The van der Waals surface area contributed by atoms with Crippen LogP contribution in [-0.2, 0) is 13.1 Å². The minimum absolute atomic E-state index is 0.136. The van der Waals surface area contributed by atoms with Crippen LogP contribution in [0.2, 0.25) is 0 Å². The highest BCUT2D eigenvalue weighted by molar-refractivity contribution is 5.93. The Morgan fingerprint density at radius 3 is 2.38 bits per heavy atom. The molecule has 21 heavy (non-hydrogen) atoms. The van der Waals surface area contributed by atoms with Gasteiger partial charge in [-0.15, -0.1) is 0 Å². The summed E-state index contributed by atoms with van der Waals surface area (Å²) >= 11 is 0. The van der Waals surface area contributed by atoms with Gasteiger partial charge in [-0.05, 0) is 23.8 Å². The maximum Gasteiger partial charge on any atom is 0.251 e. The first kappa shape index (κ1) is 15.1. The fourth-order valence-corrected chi connectivity index (χ4v) is 1.92. The summed E-state index contributed by atoms with van der Waals surface area (Å²) in [5.41, 5.74) is 1.98. The average molecular weight is 290 g/mol. The lowest BCUT2D eigenvalue weighted by Gasteiger charge is -2.07. The second-order valence-electron chi connectivity index (χ2n) is 4.62. The zero-order chi connectivity index (χ0) is 15.2. The number of amides is 1. The Bertz CT molecular complexity index is 627. The third kappa shape index (κ3) is 4.10. The normalized spacial score (nSPS) is 10.4. The molecule has 1 amide bonds. The van der Waals surface area contributed by atoms with Crippen molar-refractivity contribution in [2.45, 2.75) is 13.1 Å². The lowest BCUT2D eigenvalue weighted by molar-refractivity contribution is 0.0963. The number of hydrogen-bond donors (Lipinski definition) is 2. The summed E-state index contributed by atoms with van der Waals surface area (Å²) in [5, 5.41) is 5.63. The van der Waals surface area contributed by atoms with Gasteiger partial charge in [0, 0.05) is 37.3 Å². The van der Waals surface area contributed by atoms with E-state index >= 15 is 0 Å². The van der Waals surface area contributed by atoms with E-state index < -0.39 is 11.6 Å². The van der Waals surface area contributed by atoms with Gasteiger partial charge in [0.05, 0.1) is 0 Å². The van der Waals surface area contributed by atoms with Gasteiger partial charge in [-0.1, -0.05) is 18.2 Å². The van der Waals surface area contributed by atoms with E-state index in [0.717, 1.165) is 11.6 Å². The molecule has 2 N–H and O–H groups in total.